The van der Waals surface area contributed by atoms with Crippen molar-refractivity contribution in [3.63, 3.8) is 0 Å². The molecule has 0 amide bonds. The van der Waals surface area contributed by atoms with Crippen LogP contribution in [0.4, 0.5) is 0 Å². The minimum Gasteiger partial charge on any atom is -0.261 e. The van der Waals surface area contributed by atoms with Gasteiger partial charge in [-0.15, -0.1) is 22.9 Å². The van der Waals surface area contributed by atoms with Crippen molar-refractivity contribution >= 4 is 22.9 Å². The number of hydrogen-bond acceptors (Lipinski definition) is 2. The Balaban J connectivity index is 1.75. The average molecular weight is 292 g/mol. The van der Waals surface area contributed by atoms with Gasteiger partial charge in [-0.1, -0.05) is 12.5 Å². The van der Waals surface area contributed by atoms with Gasteiger partial charge < -0.3 is 0 Å². The van der Waals surface area contributed by atoms with Crippen LogP contribution in [0.1, 0.15) is 45.7 Å². The van der Waals surface area contributed by atoms with Crippen LogP contribution in [0.25, 0.3) is 0 Å². The lowest BCUT2D eigenvalue weighted by atomic mass is 10.1. The van der Waals surface area contributed by atoms with Gasteiger partial charge >= 0.3 is 0 Å². The Morgan fingerprint density at radius 3 is 2.95 bits per heavy atom. The first-order chi connectivity index (χ1) is 9.33. The molecule has 0 radical (unpaired) electrons. The maximum absolute atomic E-state index is 6.57. The second kappa shape index (κ2) is 6.06. The summed E-state index contributed by atoms with van der Waals surface area (Å²) in [6.45, 7) is 0. The molecule has 3 rings (SSSR count). The highest BCUT2D eigenvalue weighted by Gasteiger charge is 2.17. The van der Waals surface area contributed by atoms with Gasteiger partial charge in [-0.2, -0.15) is 0 Å². The largest absolute Gasteiger partial charge is 0.261 e. The topological polar surface area (TPSA) is 12.9 Å². The van der Waals surface area contributed by atoms with Crippen LogP contribution in [-0.2, 0) is 19.3 Å². The van der Waals surface area contributed by atoms with E-state index in [1.54, 1.807) is 10.4 Å². The van der Waals surface area contributed by atoms with Crippen LogP contribution >= 0.6 is 22.9 Å². The zero-order valence-electron chi connectivity index (χ0n) is 10.9. The molecule has 19 heavy (non-hydrogen) atoms. The van der Waals surface area contributed by atoms with Gasteiger partial charge in [0.1, 0.15) is 0 Å². The first-order valence-corrected chi connectivity index (χ1v) is 8.23. The molecule has 1 unspecified atom stereocenters. The highest BCUT2D eigenvalue weighted by molar-refractivity contribution is 7.12. The van der Waals surface area contributed by atoms with E-state index < -0.39 is 0 Å². The molecule has 1 aliphatic carbocycles. The first kappa shape index (κ1) is 13.1. The molecule has 2 aromatic rings. The van der Waals surface area contributed by atoms with Crippen LogP contribution in [0.15, 0.2) is 30.5 Å². The number of thiophene rings is 1. The van der Waals surface area contributed by atoms with Crippen LogP contribution in [0, 0.1) is 0 Å². The highest BCUT2D eigenvalue weighted by atomic mass is 35.5. The monoisotopic (exact) mass is 291 g/mol. The number of hydrogen-bond donors (Lipinski definition) is 0. The predicted octanol–water partition coefficient (Wildman–Crippen LogP) is 4.93. The maximum atomic E-state index is 6.57. The molecule has 0 aliphatic heterocycles. The minimum absolute atomic E-state index is 0.0619. The number of aryl methyl sites for hydroxylation is 2. The van der Waals surface area contributed by atoms with Crippen molar-refractivity contribution < 1.29 is 0 Å². The van der Waals surface area contributed by atoms with E-state index in [1.807, 2.05) is 35.7 Å². The number of nitrogens with zero attached hydrogens (tertiary/aromatic N) is 1. The summed E-state index contributed by atoms with van der Waals surface area (Å²) in [7, 11) is 0. The summed E-state index contributed by atoms with van der Waals surface area (Å²) in [5, 5.41) is 0.0619. The van der Waals surface area contributed by atoms with Crippen LogP contribution < -0.4 is 0 Å². The SMILES string of the molecule is ClC(Cc1ccccn1)c1cc2c(s1)CCCCC2. The van der Waals surface area contributed by atoms with Crippen molar-refractivity contribution in [3.05, 3.63) is 51.5 Å². The molecule has 2 heterocycles. The molecule has 2 aromatic heterocycles. The van der Waals surface area contributed by atoms with Crippen LogP contribution in [0.5, 0.6) is 0 Å². The van der Waals surface area contributed by atoms with Crippen molar-refractivity contribution in [2.45, 2.75) is 43.9 Å². The third-order valence-electron chi connectivity index (χ3n) is 3.69. The minimum atomic E-state index is 0.0619. The van der Waals surface area contributed by atoms with E-state index in [0.29, 0.717) is 0 Å². The molecule has 0 bridgehead atoms. The summed E-state index contributed by atoms with van der Waals surface area (Å²) < 4.78 is 0. The van der Waals surface area contributed by atoms with E-state index >= 15 is 0 Å². The summed E-state index contributed by atoms with van der Waals surface area (Å²) >= 11 is 8.49. The second-order valence-corrected chi connectivity index (χ2v) is 6.85. The molecule has 0 N–H and O–H groups in total. The van der Waals surface area contributed by atoms with Gasteiger partial charge in [-0.25, -0.2) is 0 Å². The van der Waals surface area contributed by atoms with Gasteiger partial charge in [0.15, 0.2) is 0 Å². The van der Waals surface area contributed by atoms with Gasteiger partial charge in [0.05, 0.1) is 5.38 Å². The van der Waals surface area contributed by atoms with E-state index in [1.165, 1.54) is 37.0 Å². The molecule has 1 atom stereocenters. The molecule has 100 valence electrons. The van der Waals surface area contributed by atoms with Crippen molar-refractivity contribution in [1.82, 2.24) is 4.98 Å². The number of fused-ring (bicyclic) bond motifs is 1. The lowest BCUT2D eigenvalue weighted by Crippen LogP contribution is -1.95. The van der Waals surface area contributed by atoms with E-state index in [4.69, 9.17) is 11.6 Å². The molecule has 0 saturated heterocycles. The van der Waals surface area contributed by atoms with Gasteiger partial charge in [0, 0.05) is 28.1 Å². The fourth-order valence-electron chi connectivity index (χ4n) is 2.65. The number of halogens is 1. The Kier molecular flexibility index (Phi) is 4.19. The smallest absolute Gasteiger partial charge is 0.0734 e. The third-order valence-corrected chi connectivity index (χ3v) is 5.56. The Morgan fingerprint density at radius 1 is 1.21 bits per heavy atom. The summed E-state index contributed by atoms with van der Waals surface area (Å²) in [5.74, 6) is 0. The standard InChI is InChI=1S/C16H18ClNS/c17-14(11-13-7-4-5-9-18-13)16-10-12-6-2-1-3-8-15(12)19-16/h4-5,7,9-10,14H,1-3,6,8,11H2. The summed E-state index contributed by atoms with van der Waals surface area (Å²) in [5.41, 5.74) is 2.62. The molecule has 1 aliphatic rings. The molecule has 3 heteroatoms. The van der Waals surface area contributed by atoms with Crippen LogP contribution in [0.2, 0.25) is 0 Å². The third kappa shape index (κ3) is 3.18. The first-order valence-electron chi connectivity index (χ1n) is 6.98. The Morgan fingerprint density at radius 2 is 2.11 bits per heavy atom. The Hall–Kier alpha value is -0.860. The number of rotatable bonds is 3. The predicted molar refractivity (Wildman–Crippen MR) is 82.1 cm³/mol. The van der Waals surface area contributed by atoms with E-state index in [-0.39, 0.29) is 5.38 Å². The van der Waals surface area contributed by atoms with E-state index in [0.717, 1.165) is 12.1 Å². The quantitative estimate of drug-likeness (QED) is 0.577. The zero-order chi connectivity index (χ0) is 13.1. The lowest BCUT2D eigenvalue weighted by Gasteiger charge is -2.06. The number of pyridine rings is 1. The fraction of sp³-hybridized carbons (Fsp3) is 0.438. The van der Waals surface area contributed by atoms with Crippen LogP contribution in [0.3, 0.4) is 0 Å². The Bertz CT molecular complexity index is 511. The average Bonchev–Trinajstić information content (AvgIpc) is 2.72. The number of aromatic nitrogens is 1. The van der Waals surface area contributed by atoms with Crippen molar-refractivity contribution in [2.75, 3.05) is 0 Å². The molecular formula is C16H18ClNS. The molecule has 0 saturated carbocycles. The van der Waals surface area contributed by atoms with E-state index in [9.17, 15) is 0 Å². The Labute approximate surface area is 123 Å². The molecule has 1 nitrogen and oxygen atoms in total. The van der Waals surface area contributed by atoms with Gasteiger partial charge in [0.25, 0.3) is 0 Å². The molecule has 0 fully saturated rings. The van der Waals surface area contributed by atoms with Crippen molar-refractivity contribution in [3.8, 4) is 0 Å². The summed E-state index contributed by atoms with van der Waals surface area (Å²) in [6, 6.07) is 8.36. The van der Waals surface area contributed by atoms with Crippen molar-refractivity contribution in [2.24, 2.45) is 0 Å². The highest BCUT2D eigenvalue weighted by Crippen LogP contribution is 2.36. The second-order valence-electron chi connectivity index (χ2n) is 5.15. The lowest BCUT2D eigenvalue weighted by molar-refractivity contribution is 0.712. The number of alkyl halides is 1. The van der Waals surface area contributed by atoms with Gasteiger partial charge in [-0.05, 0) is 49.4 Å². The van der Waals surface area contributed by atoms with Gasteiger partial charge in [-0.3, -0.25) is 4.98 Å². The van der Waals surface area contributed by atoms with E-state index in [2.05, 4.69) is 11.1 Å². The molecule has 0 spiro atoms. The zero-order valence-corrected chi connectivity index (χ0v) is 12.5. The van der Waals surface area contributed by atoms with Crippen LogP contribution in [-0.4, -0.2) is 4.98 Å². The maximum Gasteiger partial charge on any atom is 0.0734 e. The molecular weight excluding hydrogens is 274 g/mol. The van der Waals surface area contributed by atoms with Crippen molar-refractivity contribution in [1.29, 1.82) is 0 Å². The summed E-state index contributed by atoms with van der Waals surface area (Å²) in [6.07, 6.45) is 9.17. The van der Waals surface area contributed by atoms with Gasteiger partial charge in [0.2, 0.25) is 0 Å². The fourth-order valence-corrected chi connectivity index (χ4v) is 4.24. The molecule has 0 aromatic carbocycles. The normalized spacial score (nSPS) is 16.7. The summed E-state index contributed by atoms with van der Waals surface area (Å²) in [4.78, 5) is 7.25.